The van der Waals surface area contributed by atoms with Crippen LogP contribution in [0.2, 0.25) is 4.34 Å². The summed E-state index contributed by atoms with van der Waals surface area (Å²) in [7, 11) is 2.68. The van der Waals surface area contributed by atoms with Gasteiger partial charge >= 0.3 is 26.1 Å². The molecule has 4 aromatic rings. The average Bonchev–Trinajstić information content (AvgIpc) is 3.79. The molecule has 5 heterocycles. The van der Waals surface area contributed by atoms with Crippen LogP contribution in [0.15, 0.2) is 71.3 Å². The number of benzene rings is 1. The van der Waals surface area contributed by atoms with Gasteiger partial charge in [0, 0.05) is 29.7 Å². The van der Waals surface area contributed by atoms with Gasteiger partial charge in [0.1, 0.15) is 57.2 Å². The number of oxime groups is 1. The van der Waals surface area contributed by atoms with Crippen LogP contribution in [-0.2, 0) is 62.6 Å². The number of hydrogen-bond donors (Lipinski definition) is 3. The number of nitrogens with zero attached hydrogens (tertiary/aromatic N) is 5. The SMILES string of the molecule is BOC(=O)[C@H](C)O/N=C(\C(=O)NC1C(=O)N2C(C(=O)OCc3ccc(OC)cc3)=C(C[n+]3cccc4c3ccn4CC(N)=O)CSC12)c1nc(NC(=O)OC(C)(C)C)sc1Cl. The van der Waals surface area contributed by atoms with E-state index in [1.165, 1.54) is 30.7 Å². The quantitative estimate of drug-likeness (QED) is 0.0388. The molecule has 0 bridgehead atoms. The Kier molecular flexibility index (Phi) is 13.6. The molecule has 2 unspecified atom stereocenters. The number of halogens is 1. The molecule has 320 valence electrons. The van der Waals surface area contributed by atoms with Crippen molar-refractivity contribution < 1.29 is 57.0 Å². The Morgan fingerprint density at radius 3 is 2.56 bits per heavy atom. The third-order valence-corrected chi connectivity index (χ3v) is 11.5. The number of thiazole rings is 1. The van der Waals surface area contributed by atoms with Gasteiger partial charge in [0.15, 0.2) is 23.6 Å². The molecule has 0 spiro atoms. The summed E-state index contributed by atoms with van der Waals surface area (Å²) < 4.78 is 24.5. The van der Waals surface area contributed by atoms with Gasteiger partial charge < -0.3 is 39.3 Å². The lowest BCUT2D eigenvalue weighted by Gasteiger charge is -2.49. The van der Waals surface area contributed by atoms with Crippen LogP contribution in [-0.4, -0.2) is 99.9 Å². The number of amides is 4. The molecule has 4 N–H and O–H groups in total. The summed E-state index contributed by atoms with van der Waals surface area (Å²) in [6.07, 6.45) is 1.45. The number of anilines is 1. The Morgan fingerprint density at radius 2 is 1.89 bits per heavy atom. The molecule has 3 aromatic heterocycles. The van der Waals surface area contributed by atoms with Crippen molar-refractivity contribution in [3.63, 3.8) is 0 Å². The molecule has 61 heavy (non-hydrogen) atoms. The summed E-state index contributed by atoms with van der Waals surface area (Å²) >= 11 is 8.60. The van der Waals surface area contributed by atoms with Gasteiger partial charge in [0.05, 0.1) is 7.11 Å². The second-order valence-corrected chi connectivity index (χ2v) is 17.2. The monoisotopic (exact) mass is 895 g/mol. The van der Waals surface area contributed by atoms with E-state index >= 15 is 0 Å². The van der Waals surface area contributed by atoms with Crippen LogP contribution in [0.3, 0.4) is 0 Å². The van der Waals surface area contributed by atoms with Crippen LogP contribution in [0.25, 0.3) is 11.0 Å². The highest BCUT2D eigenvalue weighted by molar-refractivity contribution is 8.00. The molecule has 4 amide bonds. The van der Waals surface area contributed by atoms with Crippen LogP contribution >= 0.6 is 34.7 Å². The topological polar surface area (TPSA) is 236 Å². The number of nitrogens with two attached hydrogens (primary N) is 1. The summed E-state index contributed by atoms with van der Waals surface area (Å²) in [5, 5.41) is 8.19. The van der Waals surface area contributed by atoms with Gasteiger partial charge in [0.25, 0.3) is 11.8 Å². The first kappa shape index (κ1) is 44.4. The number of thioether (sulfide) groups is 1. The van der Waals surface area contributed by atoms with Crippen LogP contribution in [0.5, 0.6) is 5.75 Å². The summed E-state index contributed by atoms with van der Waals surface area (Å²) in [5.41, 5.74) is 6.61. The van der Waals surface area contributed by atoms with Crippen molar-refractivity contribution in [2.45, 2.75) is 70.5 Å². The maximum atomic E-state index is 14.1. The van der Waals surface area contributed by atoms with Crippen molar-refractivity contribution in [2.75, 3.05) is 18.2 Å². The van der Waals surface area contributed by atoms with E-state index in [4.69, 9.17) is 41.0 Å². The number of esters is 1. The molecule has 19 nitrogen and oxygen atoms in total. The standard InChI is InChI=1S/C38H40BClN8O11S2/c1-19(34(52)58-39)59-45-27(26-30(40)61-36(43-26)44-37(54)57-38(2,3)4)31(50)42-28-32(51)48-29(35(53)56-17-20-8-10-22(55-5)11-9-20)21(18-60-33(28)48)15-46-13-6-7-23-24(46)12-14-47(23)16-25(41)49/h6-14,19,28,33H,15-18,39H2,1-5H3,(H3-,41,42,43,44,49,50,54)/p+1/b45-27-/t19-,28?,33?/m0/s1. The van der Waals surface area contributed by atoms with Gasteiger partial charge in [-0.3, -0.25) is 24.6 Å². The number of nitrogens with one attached hydrogen (secondary N) is 2. The molecule has 2 aliphatic heterocycles. The van der Waals surface area contributed by atoms with Gasteiger partial charge in [-0.15, -0.1) is 11.8 Å². The number of rotatable bonds is 15. The first-order valence-corrected chi connectivity index (χ1v) is 20.7. The highest BCUT2D eigenvalue weighted by atomic mass is 35.5. The minimum absolute atomic E-state index is 0.0124. The summed E-state index contributed by atoms with van der Waals surface area (Å²) in [6.45, 7) is 6.38. The van der Waals surface area contributed by atoms with Crippen molar-refractivity contribution in [2.24, 2.45) is 10.9 Å². The molecule has 6 rings (SSSR count). The maximum Gasteiger partial charge on any atom is 0.413 e. The van der Waals surface area contributed by atoms with Crippen molar-refractivity contribution >= 4 is 100 Å². The van der Waals surface area contributed by atoms with Crippen LogP contribution in [0.4, 0.5) is 9.93 Å². The Bertz CT molecular complexity index is 2450. The highest BCUT2D eigenvalue weighted by Crippen LogP contribution is 2.41. The number of pyridine rings is 1. The van der Waals surface area contributed by atoms with Gasteiger partial charge in [-0.05, 0) is 51.5 Å². The third-order valence-electron chi connectivity index (χ3n) is 9.03. The van der Waals surface area contributed by atoms with Crippen LogP contribution in [0.1, 0.15) is 39.0 Å². The zero-order valence-electron chi connectivity index (χ0n) is 33.8. The van der Waals surface area contributed by atoms with E-state index in [1.54, 1.807) is 61.9 Å². The fourth-order valence-electron chi connectivity index (χ4n) is 6.23. The Labute approximate surface area is 362 Å². The van der Waals surface area contributed by atoms with E-state index in [0.29, 0.717) is 16.9 Å². The number of carbonyl (C=O) groups is 6. The number of aromatic nitrogens is 3. The van der Waals surface area contributed by atoms with E-state index < -0.39 is 64.6 Å². The summed E-state index contributed by atoms with van der Waals surface area (Å²) in [6, 6.07) is 11.2. The molecule has 1 fully saturated rings. The minimum Gasteiger partial charge on any atom is -0.541 e. The number of β-lactam (4-membered cyclic amide) rings is 1. The lowest BCUT2D eigenvalue weighted by molar-refractivity contribution is -0.663. The molecule has 23 heteroatoms. The van der Waals surface area contributed by atoms with Gasteiger partial charge in [-0.25, -0.2) is 19.4 Å². The fraction of sp³-hybridized carbons (Fsp3) is 0.342. The summed E-state index contributed by atoms with van der Waals surface area (Å²) in [5.74, 6) is -2.80. The zero-order valence-corrected chi connectivity index (χ0v) is 36.1. The zero-order chi connectivity index (χ0) is 44.2. The van der Waals surface area contributed by atoms with Crippen molar-refractivity contribution in [3.05, 3.63) is 81.7 Å². The van der Waals surface area contributed by atoms with E-state index in [-0.39, 0.29) is 46.3 Å². The second kappa shape index (κ2) is 18.6. The van der Waals surface area contributed by atoms with E-state index in [9.17, 15) is 28.8 Å². The first-order valence-electron chi connectivity index (χ1n) is 18.5. The molecular formula is C38H41BClN8O11S2+. The maximum absolute atomic E-state index is 14.1. The molecule has 1 aromatic carbocycles. The molecule has 0 radical (unpaired) electrons. The molecule has 2 aliphatic rings. The normalized spacial score (nSPS) is 16.9. The largest absolute Gasteiger partial charge is 0.541 e. The predicted octanol–water partition coefficient (Wildman–Crippen LogP) is 2.18. The Hall–Kier alpha value is -6.13. The molecule has 1 saturated heterocycles. The highest BCUT2D eigenvalue weighted by Gasteiger charge is 2.55. The third kappa shape index (κ3) is 10.3. The first-order chi connectivity index (χ1) is 29.0. The predicted molar refractivity (Wildman–Crippen MR) is 225 cm³/mol. The molecule has 3 atom stereocenters. The Morgan fingerprint density at radius 1 is 1.15 bits per heavy atom. The van der Waals surface area contributed by atoms with Crippen LogP contribution < -0.4 is 25.7 Å². The summed E-state index contributed by atoms with van der Waals surface area (Å²) in [4.78, 5) is 89.4. The number of carbonyl (C=O) groups excluding carboxylic acids is 6. The van der Waals surface area contributed by atoms with E-state index in [0.717, 1.165) is 30.4 Å². The average molecular weight is 896 g/mol. The van der Waals surface area contributed by atoms with Crippen molar-refractivity contribution in [3.8, 4) is 5.75 Å². The van der Waals surface area contributed by atoms with Crippen molar-refractivity contribution in [1.82, 2.24) is 19.8 Å². The molecule has 0 saturated carbocycles. The smallest absolute Gasteiger partial charge is 0.413 e. The number of fused-ring (bicyclic) bond motifs is 2. The fourth-order valence-corrected chi connectivity index (χ4v) is 8.60. The number of hydrogen-bond acceptors (Lipinski definition) is 15. The Balaban J connectivity index is 1.28. The number of primary amides is 1. The van der Waals surface area contributed by atoms with Gasteiger partial charge in [0.2, 0.25) is 17.5 Å². The minimum atomic E-state index is -1.26. The lowest BCUT2D eigenvalue weighted by atomic mass is 10.0. The van der Waals surface area contributed by atoms with Gasteiger partial charge in [-0.1, -0.05) is 40.2 Å². The molecular weight excluding hydrogens is 855 g/mol. The second-order valence-electron chi connectivity index (χ2n) is 14.5. The van der Waals surface area contributed by atoms with Crippen LogP contribution in [0, 0.1) is 0 Å². The van der Waals surface area contributed by atoms with Crippen molar-refractivity contribution in [1.29, 1.82) is 0 Å². The number of methoxy groups -OCH3 is 1. The van der Waals surface area contributed by atoms with E-state index in [2.05, 4.69) is 20.8 Å². The van der Waals surface area contributed by atoms with Gasteiger partial charge in [-0.2, -0.15) is 4.57 Å². The van der Waals surface area contributed by atoms with E-state index in [1.807, 2.05) is 22.9 Å². The lowest BCUT2D eigenvalue weighted by Crippen LogP contribution is -2.71. The molecule has 0 aliphatic carbocycles. The number of ether oxygens (including phenoxy) is 3.